The number of alkyl halides is 1. The van der Waals surface area contributed by atoms with Crippen LogP contribution in [0.1, 0.15) is 0 Å². The first kappa shape index (κ1) is 9.58. The summed E-state index contributed by atoms with van der Waals surface area (Å²) in [5.74, 6) is -1.29. The van der Waals surface area contributed by atoms with Gasteiger partial charge < -0.3 is 5.11 Å². The van der Waals surface area contributed by atoms with Crippen LogP contribution < -0.4 is 0 Å². The third-order valence-corrected chi connectivity index (χ3v) is 0.343. The molecule has 0 unspecified atom stereocenters. The predicted molar refractivity (Wildman–Crippen MR) is 28.2 cm³/mol. The molecule has 0 aliphatic rings. The summed E-state index contributed by atoms with van der Waals surface area (Å²) in [6.07, 6.45) is 8.00. The summed E-state index contributed by atoms with van der Waals surface area (Å²) in [4.78, 5) is 9.24. The summed E-state index contributed by atoms with van der Waals surface area (Å²) in [5, 5.41) is 7.59. The Morgan fingerprint density at radius 1 is 1.71 bits per heavy atom. The van der Waals surface area contributed by atoms with E-state index in [4.69, 9.17) is 16.7 Å². The summed E-state index contributed by atoms with van der Waals surface area (Å²) >= 11 is 4.74. The molecular weight excluding hydrogens is 115 g/mol. The topological polar surface area (TPSA) is 37.3 Å². The van der Waals surface area contributed by atoms with Crippen molar-refractivity contribution in [2.45, 2.75) is 0 Å². The summed E-state index contributed by atoms with van der Waals surface area (Å²) in [5.41, 5.74) is 0. The fraction of sp³-hybridized carbons (Fsp3) is 0.250. The minimum absolute atomic E-state index is 0.306. The summed E-state index contributed by atoms with van der Waals surface area (Å²) in [6, 6.07) is 0. The van der Waals surface area contributed by atoms with Crippen LogP contribution in [0.3, 0.4) is 0 Å². The second-order valence-corrected chi connectivity index (χ2v) is 0.795. The van der Waals surface area contributed by atoms with E-state index >= 15 is 0 Å². The highest BCUT2D eigenvalue weighted by Crippen LogP contribution is 1.67. The summed E-state index contributed by atoms with van der Waals surface area (Å²) in [6.45, 7) is 0. The highest BCUT2D eigenvalue weighted by Gasteiger charge is 1.83. The molecule has 0 aliphatic heterocycles. The van der Waals surface area contributed by atoms with Crippen LogP contribution in [0, 0.1) is 12.8 Å². The van der Waals surface area contributed by atoms with Crippen molar-refractivity contribution < 1.29 is 9.90 Å². The molecule has 0 aromatic heterocycles. The predicted octanol–water partition coefficient (Wildman–Crippen LogP) is 0.559. The lowest BCUT2D eigenvalue weighted by atomic mass is 10.8. The second kappa shape index (κ2) is 9.01. The van der Waals surface area contributed by atoms with E-state index in [1.54, 1.807) is 0 Å². The number of carboxylic acid groups (broad SMARTS) is 1. The molecule has 0 saturated carbocycles. The van der Waals surface area contributed by atoms with E-state index in [1.165, 1.54) is 0 Å². The molecule has 0 heterocycles. The van der Waals surface area contributed by atoms with Crippen LogP contribution in [0.5, 0.6) is 0 Å². The Kier molecular flexibility index (Phi) is 12.3. The number of rotatable bonds is 1. The maximum absolute atomic E-state index is 9.24. The van der Waals surface area contributed by atoms with Gasteiger partial charge in [-0.3, -0.25) is 4.79 Å². The highest BCUT2D eigenvalue weighted by molar-refractivity contribution is 6.26. The Morgan fingerprint density at radius 3 is 1.86 bits per heavy atom. The lowest BCUT2D eigenvalue weighted by Crippen LogP contribution is -1.92. The Morgan fingerprint density at radius 2 is 1.86 bits per heavy atom. The van der Waals surface area contributed by atoms with Crippen molar-refractivity contribution in [2.75, 3.05) is 5.88 Å². The zero-order chi connectivity index (χ0) is 6.28. The molecule has 0 aliphatic carbocycles. The van der Waals surface area contributed by atoms with Crippen LogP contribution in [0.25, 0.3) is 0 Å². The quantitative estimate of drug-likeness (QED) is 0.406. The molecule has 2 nitrogen and oxygen atoms in total. The van der Waals surface area contributed by atoms with Gasteiger partial charge in [-0.25, -0.2) is 0 Å². The first-order chi connectivity index (χ1) is 3.27. The van der Waals surface area contributed by atoms with Gasteiger partial charge in [0.05, 0.1) is 0 Å². The van der Waals surface area contributed by atoms with E-state index in [0.717, 1.165) is 0 Å². The van der Waals surface area contributed by atoms with Gasteiger partial charge in [-0.2, -0.15) is 0 Å². The van der Waals surface area contributed by atoms with Crippen LogP contribution in [0.15, 0.2) is 0 Å². The average Bonchev–Trinajstić information content (AvgIpc) is 1.73. The average molecular weight is 121 g/mol. The molecule has 0 rings (SSSR count). The third-order valence-electron chi connectivity index (χ3n) is 0.114. The lowest BCUT2D eigenvalue weighted by Gasteiger charge is -1.69. The van der Waals surface area contributed by atoms with Crippen LogP contribution in [-0.4, -0.2) is 17.0 Å². The maximum Gasteiger partial charge on any atom is 0.318 e. The number of hydrogen-bond acceptors (Lipinski definition) is 1. The van der Waals surface area contributed by atoms with Crippen molar-refractivity contribution in [1.29, 1.82) is 0 Å². The van der Waals surface area contributed by atoms with Crippen LogP contribution in [0.2, 0.25) is 0 Å². The number of hydrogen-bond donors (Lipinski definition) is 1. The van der Waals surface area contributed by atoms with Crippen LogP contribution >= 0.6 is 11.6 Å². The van der Waals surface area contributed by atoms with Gasteiger partial charge in [0, 0.05) is 0 Å². The molecule has 0 bridgehead atoms. The number of carboxylic acids is 1. The van der Waals surface area contributed by atoms with Gasteiger partial charge in [-0.1, -0.05) is 0 Å². The molecule has 0 saturated heterocycles. The van der Waals surface area contributed by atoms with Gasteiger partial charge in [-0.15, -0.1) is 24.4 Å². The molecule has 40 valence electrons. The van der Waals surface area contributed by atoms with Gasteiger partial charge in [0.15, 0.2) is 0 Å². The van der Waals surface area contributed by atoms with E-state index in [0.29, 0.717) is 0 Å². The first-order valence-electron chi connectivity index (χ1n) is 1.38. The summed E-state index contributed by atoms with van der Waals surface area (Å²) in [7, 11) is 0. The Balaban J connectivity index is 0. The maximum atomic E-state index is 9.24. The molecule has 0 aromatic rings. The Bertz CT molecular complexity index is 67.3. The normalized spacial score (nSPS) is 5.57. The Hall–Kier alpha value is -0.680. The van der Waals surface area contributed by atoms with Crippen molar-refractivity contribution in [1.82, 2.24) is 0 Å². The van der Waals surface area contributed by atoms with Gasteiger partial charge in [0.25, 0.3) is 0 Å². The van der Waals surface area contributed by atoms with Crippen LogP contribution in [0.4, 0.5) is 0 Å². The molecule has 0 aromatic carbocycles. The highest BCUT2D eigenvalue weighted by atomic mass is 35.5. The molecule has 0 spiro atoms. The molecule has 0 radical (unpaired) electrons. The van der Waals surface area contributed by atoms with Crippen LogP contribution in [-0.2, 0) is 4.79 Å². The molecule has 0 atom stereocenters. The number of terminal acetylenes is 1. The molecule has 7 heavy (non-hydrogen) atoms. The third kappa shape index (κ3) is 33.7. The SMILES string of the molecule is C#C.O=C(O)CCl. The van der Waals surface area contributed by atoms with E-state index in [-0.39, 0.29) is 5.88 Å². The van der Waals surface area contributed by atoms with Crippen molar-refractivity contribution in [3.63, 3.8) is 0 Å². The van der Waals surface area contributed by atoms with Gasteiger partial charge in [0.2, 0.25) is 0 Å². The van der Waals surface area contributed by atoms with Crippen molar-refractivity contribution in [3.05, 3.63) is 0 Å². The molecule has 0 amide bonds. The van der Waals surface area contributed by atoms with Gasteiger partial charge >= 0.3 is 5.97 Å². The van der Waals surface area contributed by atoms with Crippen molar-refractivity contribution in [2.24, 2.45) is 0 Å². The fourth-order valence-corrected chi connectivity index (χ4v) is 0. The largest absolute Gasteiger partial charge is 0.480 e. The lowest BCUT2D eigenvalue weighted by molar-refractivity contribution is -0.134. The molecule has 0 fully saturated rings. The monoisotopic (exact) mass is 120 g/mol. The van der Waals surface area contributed by atoms with E-state index in [1.807, 2.05) is 0 Å². The van der Waals surface area contributed by atoms with Crippen molar-refractivity contribution in [3.8, 4) is 12.8 Å². The zero-order valence-electron chi connectivity index (χ0n) is 3.60. The fourth-order valence-electron chi connectivity index (χ4n) is 0. The zero-order valence-corrected chi connectivity index (χ0v) is 4.35. The number of aliphatic carboxylic acids is 1. The Labute approximate surface area is 47.1 Å². The van der Waals surface area contributed by atoms with E-state index < -0.39 is 5.97 Å². The summed E-state index contributed by atoms with van der Waals surface area (Å²) < 4.78 is 0. The van der Waals surface area contributed by atoms with Crippen molar-refractivity contribution >= 4 is 17.6 Å². The first-order valence-corrected chi connectivity index (χ1v) is 1.92. The minimum atomic E-state index is -0.980. The molecular formula is C4H5ClO2. The number of carbonyl (C=O) groups is 1. The smallest absolute Gasteiger partial charge is 0.318 e. The minimum Gasteiger partial charge on any atom is -0.480 e. The molecule has 3 heteroatoms. The molecule has 1 N–H and O–H groups in total. The van der Waals surface area contributed by atoms with Gasteiger partial charge in [-0.05, 0) is 0 Å². The van der Waals surface area contributed by atoms with Gasteiger partial charge in [0.1, 0.15) is 5.88 Å². The van der Waals surface area contributed by atoms with E-state index in [9.17, 15) is 4.79 Å². The standard InChI is InChI=1S/C2H3ClO2.C2H2/c3-1-2(4)5;1-2/h1H2,(H,4,5);1-2H. The number of halogens is 1. The second-order valence-electron chi connectivity index (χ2n) is 0.527. The van der Waals surface area contributed by atoms with E-state index in [2.05, 4.69) is 12.8 Å².